The molecule has 0 atom stereocenters. The molecule has 0 bridgehead atoms. The number of carbonyl (C=O) groups is 1. The van der Waals surface area contributed by atoms with E-state index in [1.807, 2.05) is 31.2 Å². The number of aryl methyl sites for hydroxylation is 1. The van der Waals surface area contributed by atoms with E-state index >= 15 is 0 Å². The summed E-state index contributed by atoms with van der Waals surface area (Å²) in [7, 11) is 0. The third kappa shape index (κ3) is 4.30. The maximum atomic E-state index is 12.3. The van der Waals surface area contributed by atoms with Crippen LogP contribution in [0.15, 0.2) is 61.2 Å². The number of nitro benzene ring substituents is 1. The Bertz CT molecular complexity index is 954. The molecule has 0 aliphatic heterocycles. The van der Waals surface area contributed by atoms with E-state index in [2.05, 4.69) is 10.3 Å². The van der Waals surface area contributed by atoms with Gasteiger partial charge in [0.2, 0.25) is 0 Å². The van der Waals surface area contributed by atoms with Gasteiger partial charge in [0.25, 0.3) is 11.6 Å². The summed E-state index contributed by atoms with van der Waals surface area (Å²) in [4.78, 5) is 27.0. The van der Waals surface area contributed by atoms with Crippen molar-refractivity contribution in [2.75, 3.05) is 13.2 Å². The van der Waals surface area contributed by atoms with E-state index in [1.54, 1.807) is 12.3 Å². The van der Waals surface area contributed by atoms with Gasteiger partial charge in [-0.1, -0.05) is 18.2 Å². The van der Waals surface area contributed by atoms with Crippen molar-refractivity contribution in [1.82, 2.24) is 14.9 Å². The van der Waals surface area contributed by atoms with Crippen LogP contribution in [0.3, 0.4) is 0 Å². The predicted molar refractivity (Wildman–Crippen MR) is 99.2 cm³/mol. The molecule has 0 saturated heterocycles. The van der Waals surface area contributed by atoms with Crippen LogP contribution in [0.5, 0.6) is 5.75 Å². The van der Waals surface area contributed by atoms with Crippen LogP contribution in [-0.2, 0) is 0 Å². The first kappa shape index (κ1) is 18.1. The quantitative estimate of drug-likeness (QED) is 0.394. The number of nitrogens with zero attached hydrogens (tertiary/aromatic N) is 3. The molecule has 1 N–H and O–H groups in total. The standard InChI is InChI=1S/C19H18N4O4/c1-14-4-2-3-5-18(14)27-11-9-21-19(24)15-6-7-16(17(12-15)23(25)26)22-10-8-20-13-22/h2-8,10,12-13H,9,11H2,1H3,(H,21,24). The summed E-state index contributed by atoms with van der Waals surface area (Å²) in [6, 6.07) is 11.9. The van der Waals surface area contributed by atoms with Crippen molar-refractivity contribution in [2.24, 2.45) is 0 Å². The summed E-state index contributed by atoms with van der Waals surface area (Å²) in [5.74, 6) is 0.357. The van der Waals surface area contributed by atoms with Crippen LogP contribution in [-0.4, -0.2) is 33.5 Å². The third-order valence-corrected chi connectivity index (χ3v) is 3.96. The number of imidazole rings is 1. The van der Waals surface area contributed by atoms with E-state index in [0.717, 1.165) is 11.3 Å². The number of hydrogen-bond acceptors (Lipinski definition) is 5. The minimum Gasteiger partial charge on any atom is -0.491 e. The van der Waals surface area contributed by atoms with Gasteiger partial charge in [0.15, 0.2) is 0 Å². The maximum absolute atomic E-state index is 12.3. The van der Waals surface area contributed by atoms with Gasteiger partial charge in [0.1, 0.15) is 18.0 Å². The van der Waals surface area contributed by atoms with Crippen LogP contribution in [0.1, 0.15) is 15.9 Å². The average Bonchev–Trinajstić information content (AvgIpc) is 3.20. The number of aromatic nitrogens is 2. The second-order valence-electron chi connectivity index (χ2n) is 5.80. The van der Waals surface area contributed by atoms with Gasteiger partial charge in [0, 0.05) is 24.0 Å². The van der Waals surface area contributed by atoms with E-state index in [4.69, 9.17) is 4.74 Å². The summed E-state index contributed by atoms with van der Waals surface area (Å²) in [5, 5.41) is 14.1. The largest absolute Gasteiger partial charge is 0.491 e. The fraction of sp³-hybridized carbons (Fsp3) is 0.158. The Balaban J connectivity index is 1.64. The predicted octanol–water partition coefficient (Wildman–Crippen LogP) is 2.90. The highest BCUT2D eigenvalue weighted by Gasteiger charge is 2.18. The Hall–Kier alpha value is -3.68. The lowest BCUT2D eigenvalue weighted by Gasteiger charge is -2.10. The second kappa shape index (κ2) is 8.13. The van der Waals surface area contributed by atoms with Crippen molar-refractivity contribution in [2.45, 2.75) is 6.92 Å². The summed E-state index contributed by atoms with van der Waals surface area (Å²) in [6.07, 6.45) is 4.59. The molecule has 138 valence electrons. The number of benzene rings is 2. The average molecular weight is 366 g/mol. The first-order valence-corrected chi connectivity index (χ1v) is 8.29. The molecule has 1 aromatic heterocycles. The minimum absolute atomic E-state index is 0.170. The van der Waals surface area contributed by atoms with Crippen molar-refractivity contribution in [3.05, 3.63) is 82.4 Å². The number of amides is 1. The second-order valence-corrected chi connectivity index (χ2v) is 5.80. The van der Waals surface area contributed by atoms with Crippen LogP contribution < -0.4 is 10.1 Å². The Morgan fingerprint density at radius 3 is 2.81 bits per heavy atom. The van der Waals surface area contributed by atoms with E-state index in [0.29, 0.717) is 12.3 Å². The molecule has 2 aromatic carbocycles. The maximum Gasteiger partial charge on any atom is 0.294 e. The van der Waals surface area contributed by atoms with Crippen LogP contribution in [0.2, 0.25) is 0 Å². The summed E-state index contributed by atoms with van der Waals surface area (Å²) < 4.78 is 7.14. The van der Waals surface area contributed by atoms with Gasteiger partial charge in [-0.05, 0) is 30.7 Å². The fourth-order valence-electron chi connectivity index (χ4n) is 2.58. The van der Waals surface area contributed by atoms with E-state index in [9.17, 15) is 14.9 Å². The summed E-state index contributed by atoms with van der Waals surface area (Å²) in [5.41, 5.74) is 1.39. The Kier molecular flexibility index (Phi) is 5.46. The first-order chi connectivity index (χ1) is 13.1. The first-order valence-electron chi connectivity index (χ1n) is 8.29. The van der Waals surface area contributed by atoms with Gasteiger partial charge in [0.05, 0.1) is 17.8 Å². The molecule has 0 radical (unpaired) electrons. The molecule has 1 amide bonds. The lowest BCUT2D eigenvalue weighted by molar-refractivity contribution is -0.384. The number of carbonyl (C=O) groups excluding carboxylic acids is 1. The van der Waals surface area contributed by atoms with Crippen molar-refractivity contribution in [3.63, 3.8) is 0 Å². The zero-order valence-electron chi connectivity index (χ0n) is 14.7. The highest BCUT2D eigenvalue weighted by Crippen LogP contribution is 2.24. The molecule has 0 aliphatic rings. The molecule has 1 heterocycles. The van der Waals surface area contributed by atoms with Gasteiger partial charge in [-0.25, -0.2) is 4.98 Å². The molecular weight excluding hydrogens is 348 g/mol. The van der Waals surface area contributed by atoms with E-state index in [1.165, 1.54) is 29.2 Å². The molecule has 0 saturated carbocycles. The monoisotopic (exact) mass is 366 g/mol. The van der Waals surface area contributed by atoms with E-state index < -0.39 is 10.8 Å². The van der Waals surface area contributed by atoms with Crippen LogP contribution in [0.25, 0.3) is 5.69 Å². The van der Waals surface area contributed by atoms with Gasteiger partial charge in [-0.15, -0.1) is 0 Å². The topological polar surface area (TPSA) is 99.3 Å². The van der Waals surface area contributed by atoms with Crippen molar-refractivity contribution < 1.29 is 14.5 Å². The van der Waals surface area contributed by atoms with Gasteiger partial charge >= 0.3 is 0 Å². The number of rotatable bonds is 7. The van der Waals surface area contributed by atoms with Crippen LogP contribution in [0, 0.1) is 17.0 Å². The lowest BCUT2D eigenvalue weighted by Crippen LogP contribution is -2.28. The highest BCUT2D eigenvalue weighted by molar-refractivity contribution is 5.95. The molecule has 0 fully saturated rings. The van der Waals surface area contributed by atoms with Crippen molar-refractivity contribution >= 4 is 11.6 Å². The molecule has 8 heteroatoms. The van der Waals surface area contributed by atoms with Crippen LogP contribution >= 0.6 is 0 Å². The summed E-state index contributed by atoms with van der Waals surface area (Å²) >= 11 is 0. The molecule has 8 nitrogen and oxygen atoms in total. The number of hydrogen-bond donors (Lipinski definition) is 1. The van der Waals surface area contributed by atoms with E-state index in [-0.39, 0.29) is 17.8 Å². The minimum atomic E-state index is -0.520. The zero-order valence-corrected chi connectivity index (χ0v) is 14.7. The lowest BCUT2D eigenvalue weighted by atomic mass is 10.1. The Morgan fingerprint density at radius 1 is 1.30 bits per heavy atom. The van der Waals surface area contributed by atoms with Gasteiger partial charge in [-0.3, -0.25) is 14.9 Å². The van der Waals surface area contributed by atoms with Gasteiger partial charge < -0.3 is 14.6 Å². The molecule has 0 unspecified atom stereocenters. The number of nitrogens with one attached hydrogen (secondary N) is 1. The Labute approximate surface area is 155 Å². The number of nitro groups is 1. The van der Waals surface area contributed by atoms with Crippen LogP contribution in [0.4, 0.5) is 5.69 Å². The Morgan fingerprint density at radius 2 is 2.11 bits per heavy atom. The molecule has 3 aromatic rings. The highest BCUT2D eigenvalue weighted by atomic mass is 16.6. The number of para-hydroxylation sites is 1. The molecule has 27 heavy (non-hydrogen) atoms. The molecule has 0 spiro atoms. The molecule has 3 rings (SSSR count). The summed E-state index contributed by atoms with van der Waals surface area (Å²) in [6.45, 7) is 2.52. The fourth-order valence-corrected chi connectivity index (χ4v) is 2.58. The normalized spacial score (nSPS) is 10.4. The number of ether oxygens (including phenoxy) is 1. The third-order valence-electron chi connectivity index (χ3n) is 3.96. The van der Waals surface area contributed by atoms with Crippen molar-refractivity contribution in [1.29, 1.82) is 0 Å². The van der Waals surface area contributed by atoms with Crippen molar-refractivity contribution in [3.8, 4) is 11.4 Å². The molecular formula is C19H18N4O4. The smallest absolute Gasteiger partial charge is 0.294 e. The van der Waals surface area contributed by atoms with Gasteiger partial charge in [-0.2, -0.15) is 0 Å². The molecule has 0 aliphatic carbocycles. The SMILES string of the molecule is Cc1ccccc1OCCNC(=O)c1ccc(-n2ccnc2)c([N+](=O)[O-])c1. The zero-order chi connectivity index (χ0) is 19.2.